The molecule has 3 aliphatic heterocycles. The molecule has 33 heavy (non-hydrogen) atoms. The number of amides is 1. The molecule has 0 N–H and O–H groups in total. The van der Waals surface area contributed by atoms with E-state index >= 15 is 0 Å². The monoisotopic (exact) mass is 506 g/mol. The highest BCUT2D eigenvalue weighted by Gasteiger charge is 2.42. The normalized spacial score (nSPS) is 26.3. The van der Waals surface area contributed by atoms with Crippen molar-refractivity contribution in [3.63, 3.8) is 0 Å². The summed E-state index contributed by atoms with van der Waals surface area (Å²) in [7, 11) is -1.52. The second-order valence-electron chi connectivity index (χ2n) is 9.02. The highest BCUT2D eigenvalue weighted by atomic mass is 32.2. The van der Waals surface area contributed by atoms with Crippen LogP contribution in [-0.2, 0) is 21.7 Å². The largest absolute Gasteiger partial charge is 0.357 e. The number of anilines is 1. The van der Waals surface area contributed by atoms with Crippen molar-refractivity contribution in [2.24, 2.45) is 13.0 Å². The van der Waals surface area contributed by atoms with Crippen LogP contribution >= 0.6 is 24.0 Å². The molecule has 4 heterocycles. The molecule has 2 atom stereocenters. The van der Waals surface area contributed by atoms with Gasteiger partial charge in [-0.15, -0.1) is 0 Å². The molecule has 2 unspecified atom stereocenters. The van der Waals surface area contributed by atoms with Crippen molar-refractivity contribution in [3.05, 3.63) is 31.9 Å². The third kappa shape index (κ3) is 4.36. The molecule has 176 valence electrons. The van der Waals surface area contributed by atoms with Crippen LogP contribution in [0.3, 0.4) is 0 Å². The molecule has 3 fully saturated rings. The van der Waals surface area contributed by atoms with Gasteiger partial charge in [-0.05, 0) is 43.7 Å². The maximum atomic E-state index is 13.3. The standard InChI is InChI=1S/C22H26N4O4S3/c1-13-5-4-7-25(11-13)19-16(14(2)17(10-23)20(27)24(19)3)9-18-21(28)26(22(31)32-18)15-6-8-33(29,30)12-15/h9,13,15H,4-8,11-12H2,1-3H3. The molecule has 3 aliphatic rings. The Labute approximate surface area is 203 Å². The minimum atomic E-state index is -3.17. The summed E-state index contributed by atoms with van der Waals surface area (Å²) in [5.74, 6) is 0.797. The molecule has 0 radical (unpaired) electrons. The topological polar surface area (TPSA) is 103 Å². The van der Waals surface area contributed by atoms with Gasteiger partial charge in [0.2, 0.25) is 0 Å². The van der Waals surface area contributed by atoms with Crippen molar-refractivity contribution in [1.29, 1.82) is 5.26 Å². The van der Waals surface area contributed by atoms with Crippen molar-refractivity contribution in [1.82, 2.24) is 9.47 Å². The summed E-state index contributed by atoms with van der Waals surface area (Å²) in [5, 5.41) is 9.63. The zero-order chi connectivity index (χ0) is 24.1. The lowest BCUT2D eigenvalue weighted by Crippen LogP contribution is -2.39. The average Bonchev–Trinajstić information content (AvgIpc) is 3.24. The van der Waals surface area contributed by atoms with E-state index in [2.05, 4.69) is 11.8 Å². The van der Waals surface area contributed by atoms with Crippen LogP contribution in [0, 0.1) is 24.2 Å². The fraction of sp³-hybridized carbons (Fsp3) is 0.545. The van der Waals surface area contributed by atoms with Gasteiger partial charge in [0.25, 0.3) is 11.5 Å². The fourth-order valence-electron chi connectivity index (χ4n) is 4.88. The van der Waals surface area contributed by atoms with Gasteiger partial charge < -0.3 is 4.90 Å². The summed E-state index contributed by atoms with van der Waals surface area (Å²) >= 11 is 6.58. The first-order valence-corrected chi connectivity index (χ1v) is 13.9. The Morgan fingerprint density at radius 2 is 2.00 bits per heavy atom. The summed E-state index contributed by atoms with van der Waals surface area (Å²) in [4.78, 5) is 30.1. The first-order valence-electron chi connectivity index (χ1n) is 10.9. The Balaban J connectivity index is 1.81. The van der Waals surface area contributed by atoms with Crippen molar-refractivity contribution in [2.45, 2.75) is 39.2 Å². The van der Waals surface area contributed by atoms with E-state index in [4.69, 9.17) is 12.2 Å². The maximum Gasteiger partial charge on any atom is 0.270 e. The lowest BCUT2D eigenvalue weighted by atomic mass is 9.98. The van der Waals surface area contributed by atoms with Gasteiger partial charge in [-0.2, -0.15) is 5.26 Å². The van der Waals surface area contributed by atoms with E-state index in [1.807, 2.05) is 6.07 Å². The second-order valence-corrected chi connectivity index (χ2v) is 12.9. The first kappa shape index (κ1) is 24.0. The van der Waals surface area contributed by atoms with E-state index in [-0.39, 0.29) is 28.5 Å². The van der Waals surface area contributed by atoms with Crippen LogP contribution in [0.5, 0.6) is 0 Å². The van der Waals surface area contributed by atoms with Crippen LogP contribution in [0.25, 0.3) is 6.08 Å². The number of hydrogen-bond donors (Lipinski definition) is 0. The SMILES string of the molecule is Cc1c(C=C2SC(=S)N(C3CCS(=O)(=O)C3)C2=O)c(N2CCCC(C)C2)n(C)c(=O)c1C#N. The van der Waals surface area contributed by atoms with Crippen LogP contribution in [0.15, 0.2) is 9.70 Å². The van der Waals surface area contributed by atoms with Crippen molar-refractivity contribution in [3.8, 4) is 6.07 Å². The van der Waals surface area contributed by atoms with E-state index in [1.165, 1.54) is 9.47 Å². The zero-order valence-electron chi connectivity index (χ0n) is 18.8. The van der Waals surface area contributed by atoms with Gasteiger partial charge in [-0.3, -0.25) is 19.1 Å². The molecular formula is C22H26N4O4S3. The summed E-state index contributed by atoms with van der Waals surface area (Å²) in [5.41, 5.74) is 0.879. The Hall–Kier alpha value is -2.16. The molecule has 0 aliphatic carbocycles. The lowest BCUT2D eigenvalue weighted by molar-refractivity contribution is -0.123. The van der Waals surface area contributed by atoms with E-state index in [1.54, 1.807) is 20.0 Å². The van der Waals surface area contributed by atoms with Gasteiger partial charge in [-0.25, -0.2) is 8.42 Å². The highest BCUT2D eigenvalue weighted by Crippen LogP contribution is 2.38. The third-order valence-electron chi connectivity index (χ3n) is 6.60. The van der Waals surface area contributed by atoms with Gasteiger partial charge in [0.15, 0.2) is 9.84 Å². The molecule has 0 spiro atoms. The van der Waals surface area contributed by atoms with Crippen LogP contribution in [0.2, 0.25) is 0 Å². The Morgan fingerprint density at radius 3 is 2.61 bits per heavy atom. The van der Waals surface area contributed by atoms with Gasteiger partial charge in [0, 0.05) is 25.7 Å². The molecule has 1 aromatic rings. The number of piperidine rings is 1. The summed E-state index contributed by atoms with van der Waals surface area (Å²) in [6.07, 6.45) is 4.19. The molecule has 8 nitrogen and oxygen atoms in total. The number of carbonyl (C=O) groups is 1. The molecule has 0 saturated carbocycles. The first-order chi connectivity index (χ1) is 15.5. The lowest BCUT2D eigenvalue weighted by Gasteiger charge is -2.35. The predicted molar refractivity (Wildman–Crippen MR) is 134 cm³/mol. The summed E-state index contributed by atoms with van der Waals surface area (Å²) in [6, 6.07) is 1.56. The van der Waals surface area contributed by atoms with Crippen molar-refractivity contribution in [2.75, 3.05) is 29.5 Å². The van der Waals surface area contributed by atoms with Crippen LogP contribution in [0.4, 0.5) is 5.82 Å². The van der Waals surface area contributed by atoms with Gasteiger partial charge >= 0.3 is 0 Å². The maximum absolute atomic E-state index is 13.3. The molecule has 0 aromatic carbocycles. The van der Waals surface area contributed by atoms with E-state index in [9.17, 15) is 23.3 Å². The number of nitrogens with zero attached hydrogens (tertiary/aromatic N) is 4. The molecule has 0 bridgehead atoms. The van der Waals surface area contributed by atoms with Crippen molar-refractivity contribution < 1.29 is 13.2 Å². The molecule has 3 saturated heterocycles. The number of sulfone groups is 1. The van der Waals surface area contributed by atoms with Crippen LogP contribution < -0.4 is 10.5 Å². The minimum absolute atomic E-state index is 0.0509. The Morgan fingerprint density at radius 1 is 1.27 bits per heavy atom. The number of thioether (sulfide) groups is 1. The molecule has 4 rings (SSSR count). The van der Waals surface area contributed by atoms with Gasteiger partial charge in [-0.1, -0.05) is 30.9 Å². The summed E-state index contributed by atoms with van der Waals surface area (Å²) < 4.78 is 25.7. The molecule has 1 amide bonds. The number of aromatic nitrogens is 1. The second kappa shape index (κ2) is 8.89. The molecule has 11 heteroatoms. The fourth-order valence-corrected chi connectivity index (χ4v) is 7.96. The van der Waals surface area contributed by atoms with Crippen molar-refractivity contribution >= 4 is 55.9 Å². The van der Waals surface area contributed by atoms with Crippen LogP contribution in [-0.4, -0.2) is 58.7 Å². The van der Waals surface area contributed by atoms with Gasteiger partial charge in [0.1, 0.15) is 21.8 Å². The predicted octanol–water partition coefficient (Wildman–Crippen LogP) is 2.19. The number of thiocarbonyl (C=S) groups is 1. The average molecular weight is 507 g/mol. The molecule has 1 aromatic heterocycles. The Bertz CT molecular complexity index is 1280. The third-order valence-corrected chi connectivity index (χ3v) is 9.68. The zero-order valence-corrected chi connectivity index (χ0v) is 21.3. The molecular weight excluding hydrogens is 480 g/mol. The van der Waals surface area contributed by atoms with Crippen LogP contribution in [0.1, 0.15) is 42.9 Å². The Kier molecular flexibility index (Phi) is 6.46. The quantitative estimate of drug-likeness (QED) is 0.454. The number of carbonyl (C=O) groups excluding carboxylic acids is 1. The smallest absolute Gasteiger partial charge is 0.270 e. The van der Waals surface area contributed by atoms with E-state index < -0.39 is 15.9 Å². The number of pyridine rings is 1. The summed E-state index contributed by atoms with van der Waals surface area (Å²) in [6.45, 7) is 5.46. The minimum Gasteiger partial charge on any atom is -0.357 e. The number of hydrogen-bond acceptors (Lipinski definition) is 8. The number of nitriles is 1. The van der Waals surface area contributed by atoms with E-state index in [0.29, 0.717) is 38.5 Å². The van der Waals surface area contributed by atoms with Gasteiger partial charge in [0.05, 0.1) is 22.5 Å². The highest BCUT2D eigenvalue weighted by molar-refractivity contribution is 8.26. The number of rotatable bonds is 3. The van der Waals surface area contributed by atoms with E-state index in [0.717, 1.165) is 37.7 Å².